The molecule has 0 bridgehead atoms. The number of rotatable bonds is 4. The van der Waals surface area contributed by atoms with E-state index < -0.39 is 0 Å². The second-order valence-corrected chi connectivity index (χ2v) is 5.57. The van der Waals surface area contributed by atoms with Crippen molar-refractivity contribution in [2.24, 2.45) is 0 Å². The standard InChI is InChI=1S/C22H20/c1-18-9-8-14-21(17-18)22(20-12-6-3-7-13-20)16-15-19-10-4-2-5-11-19/h2-17,22H,1H3/b16-15+/t22-/m1/s1. The predicted molar refractivity (Wildman–Crippen MR) is 94.9 cm³/mol. The van der Waals surface area contributed by atoms with Crippen molar-refractivity contribution >= 4 is 6.08 Å². The molecule has 3 aromatic carbocycles. The SMILES string of the molecule is Cc1cccc([C@H](/C=C/c2ccccc2)c2ccccc2)c1. The smallest absolute Gasteiger partial charge is 0.0272 e. The third kappa shape index (κ3) is 3.53. The minimum Gasteiger partial charge on any atom is -0.0721 e. The molecule has 0 saturated heterocycles. The average molecular weight is 284 g/mol. The Morgan fingerprint density at radius 3 is 2.00 bits per heavy atom. The summed E-state index contributed by atoms with van der Waals surface area (Å²) in [6.45, 7) is 2.15. The van der Waals surface area contributed by atoms with Crippen LogP contribution in [0.25, 0.3) is 6.08 Å². The lowest BCUT2D eigenvalue weighted by Gasteiger charge is -2.15. The van der Waals surface area contributed by atoms with Crippen molar-refractivity contribution in [2.45, 2.75) is 12.8 Å². The summed E-state index contributed by atoms with van der Waals surface area (Å²) in [6.07, 6.45) is 4.50. The van der Waals surface area contributed by atoms with E-state index >= 15 is 0 Å². The van der Waals surface area contributed by atoms with Gasteiger partial charge in [0.15, 0.2) is 0 Å². The fourth-order valence-corrected chi connectivity index (χ4v) is 2.71. The Bertz CT molecular complexity index is 739. The van der Waals surface area contributed by atoms with Crippen LogP contribution in [-0.2, 0) is 0 Å². The molecule has 0 fully saturated rings. The normalized spacial score (nSPS) is 12.4. The van der Waals surface area contributed by atoms with Gasteiger partial charge in [0, 0.05) is 5.92 Å². The molecular formula is C22H20. The van der Waals surface area contributed by atoms with Crippen LogP contribution in [0.1, 0.15) is 28.2 Å². The molecule has 0 N–H and O–H groups in total. The summed E-state index contributed by atoms with van der Waals surface area (Å²) in [7, 11) is 0. The second kappa shape index (κ2) is 6.91. The highest BCUT2D eigenvalue weighted by atomic mass is 14.1. The Labute approximate surface area is 132 Å². The van der Waals surface area contributed by atoms with Crippen LogP contribution in [0.4, 0.5) is 0 Å². The summed E-state index contributed by atoms with van der Waals surface area (Å²) in [5.74, 6) is 0.279. The molecule has 0 aliphatic heterocycles. The summed E-state index contributed by atoms with van der Waals surface area (Å²) >= 11 is 0. The van der Waals surface area contributed by atoms with Crippen LogP contribution in [0, 0.1) is 6.92 Å². The van der Waals surface area contributed by atoms with E-state index in [0.29, 0.717) is 0 Å². The summed E-state index contributed by atoms with van der Waals surface area (Å²) < 4.78 is 0. The van der Waals surface area contributed by atoms with E-state index in [1.54, 1.807) is 0 Å². The van der Waals surface area contributed by atoms with Gasteiger partial charge in [0.25, 0.3) is 0 Å². The third-order valence-electron chi connectivity index (χ3n) is 3.84. The van der Waals surface area contributed by atoms with Crippen LogP contribution >= 0.6 is 0 Å². The van der Waals surface area contributed by atoms with Crippen LogP contribution < -0.4 is 0 Å². The summed E-state index contributed by atoms with van der Waals surface area (Å²) in [5.41, 5.74) is 5.18. The molecule has 3 rings (SSSR count). The van der Waals surface area contributed by atoms with Crippen LogP contribution in [0.2, 0.25) is 0 Å². The first kappa shape index (κ1) is 14.3. The summed E-state index contributed by atoms with van der Waals surface area (Å²) in [5, 5.41) is 0. The monoisotopic (exact) mass is 284 g/mol. The molecular weight excluding hydrogens is 264 g/mol. The molecule has 108 valence electrons. The minimum absolute atomic E-state index is 0.279. The van der Waals surface area contributed by atoms with E-state index in [4.69, 9.17) is 0 Å². The van der Waals surface area contributed by atoms with Gasteiger partial charge in [-0.05, 0) is 23.6 Å². The largest absolute Gasteiger partial charge is 0.0721 e. The van der Waals surface area contributed by atoms with Crippen LogP contribution in [0.3, 0.4) is 0 Å². The van der Waals surface area contributed by atoms with E-state index in [1.165, 1.54) is 22.3 Å². The van der Waals surface area contributed by atoms with Crippen molar-refractivity contribution in [2.75, 3.05) is 0 Å². The van der Waals surface area contributed by atoms with Gasteiger partial charge in [-0.25, -0.2) is 0 Å². The molecule has 0 aromatic heterocycles. The first-order valence-corrected chi connectivity index (χ1v) is 7.68. The van der Waals surface area contributed by atoms with Gasteiger partial charge in [-0.2, -0.15) is 0 Å². The number of allylic oxidation sites excluding steroid dienone is 1. The van der Waals surface area contributed by atoms with Crippen molar-refractivity contribution in [3.8, 4) is 0 Å². The molecule has 0 aliphatic carbocycles. The number of hydrogen-bond acceptors (Lipinski definition) is 0. The van der Waals surface area contributed by atoms with Crippen molar-refractivity contribution in [3.63, 3.8) is 0 Å². The first-order chi connectivity index (χ1) is 10.8. The highest BCUT2D eigenvalue weighted by Gasteiger charge is 2.10. The van der Waals surface area contributed by atoms with Gasteiger partial charge < -0.3 is 0 Å². The average Bonchev–Trinajstić information content (AvgIpc) is 2.57. The molecule has 0 amide bonds. The van der Waals surface area contributed by atoms with Gasteiger partial charge >= 0.3 is 0 Å². The zero-order valence-corrected chi connectivity index (χ0v) is 12.8. The lowest BCUT2D eigenvalue weighted by atomic mass is 9.89. The fourth-order valence-electron chi connectivity index (χ4n) is 2.71. The lowest BCUT2D eigenvalue weighted by molar-refractivity contribution is 1.03. The molecule has 0 spiro atoms. The van der Waals surface area contributed by atoms with Crippen LogP contribution in [0.15, 0.2) is 91.0 Å². The van der Waals surface area contributed by atoms with Crippen molar-refractivity contribution < 1.29 is 0 Å². The molecule has 0 radical (unpaired) electrons. The van der Waals surface area contributed by atoms with Crippen LogP contribution in [0.5, 0.6) is 0 Å². The molecule has 0 aliphatic rings. The molecule has 22 heavy (non-hydrogen) atoms. The zero-order valence-electron chi connectivity index (χ0n) is 12.8. The minimum atomic E-state index is 0.279. The zero-order chi connectivity index (χ0) is 15.2. The molecule has 1 atom stereocenters. The molecule has 0 heterocycles. The van der Waals surface area contributed by atoms with Crippen molar-refractivity contribution in [1.29, 1.82) is 0 Å². The number of aryl methyl sites for hydroxylation is 1. The maximum Gasteiger partial charge on any atom is 0.0272 e. The molecule has 0 heteroatoms. The Morgan fingerprint density at radius 2 is 1.32 bits per heavy atom. The lowest BCUT2D eigenvalue weighted by Crippen LogP contribution is -1.98. The Kier molecular flexibility index (Phi) is 4.50. The quantitative estimate of drug-likeness (QED) is 0.564. The second-order valence-electron chi connectivity index (χ2n) is 5.57. The molecule has 0 saturated carbocycles. The Balaban J connectivity index is 1.98. The van der Waals surface area contributed by atoms with E-state index in [1.807, 2.05) is 6.07 Å². The molecule has 3 aromatic rings. The summed E-state index contributed by atoms with van der Waals surface area (Å²) in [6, 6.07) is 29.9. The van der Waals surface area contributed by atoms with E-state index in [9.17, 15) is 0 Å². The maximum atomic E-state index is 2.29. The first-order valence-electron chi connectivity index (χ1n) is 7.68. The van der Waals surface area contributed by atoms with Crippen molar-refractivity contribution in [3.05, 3.63) is 113 Å². The van der Waals surface area contributed by atoms with Crippen LogP contribution in [-0.4, -0.2) is 0 Å². The fraction of sp³-hybridized carbons (Fsp3) is 0.0909. The van der Waals surface area contributed by atoms with Gasteiger partial charge in [0.2, 0.25) is 0 Å². The highest BCUT2D eigenvalue weighted by molar-refractivity contribution is 5.53. The molecule has 0 nitrogen and oxygen atoms in total. The maximum absolute atomic E-state index is 2.29. The van der Waals surface area contributed by atoms with Gasteiger partial charge in [-0.3, -0.25) is 0 Å². The highest BCUT2D eigenvalue weighted by Crippen LogP contribution is 2.27. The van der Waals surface area contributed by atoms with Crippen molar-refractivity contribution in [1.82, 2.24) is 0 Å². The van der Waals surface area contributed by atoms with Gasteiger partial charge in [0.1, 0.15) is 0 Å². The third-order valence-corrected chi connectivity index (χ3v) is 3.84. The van der Waals surface area contributed by atoms with Gasteiger partial charge in [0.05, 0.1) is 0 Å². The number of benzene rings is 3. The van der Waals surface area contributed by atoms with E-state index in [0.717, 1.165) is 0 Å². The molecule has 0 unspecified atom stereocenters. The number of hydrogen-bond donors (Lipinski definition) is 0. The van der Waals surface area contributed by atoms with Gasteiger partial charge in [-0.15, -0.1) is 0 Å². The van der Waals surface area contributed by atoms with E-state index in [-0.39, 0.29) is 5.92 Å². The predicted octanol–water partition coefficient (Wildman–Crippen LogP) is 5.84. The topological polar surface area (TPSA) is 0 Å². The van der Waals surface area contributed by atoms with E-state index in [2.05, 4.69) is 97.9 Å². The summed E-state index contributed by atoms with van der Waals surface area (Å²) in [4.78, 5) is 0. The Morgan fingerprint density at radius 1 is 0.682 bits per heavy atom. The Hall–Kier alpha value is -2.60. The van der Waals surface area contributed by atoms with Gasteiger partial charge in [-0.1, -0.05) is 103 Å².